The summed E-state index contributed by atoms with van der Waals surface area (Å²) in [5, 5.41) is 18.6. The first-order chi connectivity index (χ1) is 13.3. The van der Waals surface area contributed by atoms with Crippen molar-refractivity contribution in [3.63, 3.8) is 0 Å². The molecule has 1 atom stereocenters. The van der Waals surface area contributed by atoms with Crippen LogP contribution in [-0.4, -0.2) is 49.2 Å². The summed E-state index contributed by atoms with van der Waals surface area (Å²) in [7, 11) is 4.22. The molecular weight excluding hydrogens is 380 g/mol. The Kier molecular flexibility index (Phi) is 7.72. The van der Waals surface area contributed by atoms with Crippen LogP contribution in [0.1, 0.15) is 23.1 Å². The Labute approximate surface area is 169 Å². The fourth-order valence-electron chi connectivity index (χ4n) is 2.90. The summed E-state index contributed by atoms with van der Waals surface area (Å²) < 4.78 is 0. The molecule has 0 N–H and O–H groups in total. The van der Waals surface area contributed by atoms with E-state index in [-0.39, 0.29) is 0 Å². The number of hydrogen-bond donors (Lipinski definition) is 0. The highest BCUT2D eigenvalue weighted by Crippen LogP contribution is 2.27. The average molecular weight is 401 g/mol. The number of carboxylic acid groups (broad SMARTS) is 2. The first-order valence-electron chi connectivity index (χ1n) is 8.77. The number of nitrogens with zero attached hydrogens (tertiary/aromatic N) is 2. The molecule has 0 amide bonds. The smallest absolute Gasteiger partial charge is 0.0870 e. The minimum absolute atomic E-state index is 0.339. The predicted octanol–water partition coefficient (Wildman–Crippen LogP) is 0.540. The van der Waals surface area contributed by atoms with E-state index in [0.717, 1.165) is 30.1 Å². The summed E-state index contributed by atoms with van der Waals surface area (Å²) in [6.07, 6.45) is 2.07. The lowest BCUT2D eigenvalue weighted by atomic mass is 9.89. The highest BCUT2D eigenvalue weighted by Gasteiger charge is 2.22. The van der Waals surface area contributed by atoms with E-state index >= 15 is 0 Å². The number of fused-ring (bicyclic) bond motifs is 1. The van der Waals surface area contributed by atoms with Crippen LogP contribution >= 0.6 is 11.6 Å². The molecule has 0 aromatic heterocycles. The van der Waals surface area contributed by atoms with Gasteiger partial charge in [-0.25, -0.2) is 0 Å². The predicted molar refractivity (Wildman–Crippen MR) is 104 cm³/mol. The van der Waals surface area contributed by atoms with Crippen molar-refractivity contribution in [1.29, 1.82) is 0 Å². The number of carbonyl (C=O) groups is 2. The van der Waals surface area contributed by atoms with Crippen LogP contribution in [0.4, 0.5) is 0 Å². The number of halogens is 1. The molecule has 1 aliphatic heterocycles. The zero-order chi connectivity index (χ0) is 20.7. The van der Waals surface area contributed by atoms with Gasteiger partial charge >= 0.3 is 0 Å². The molecule has 28 heavy (non-hydrogen) atoms. The van der Waals surface area contributed by atoms with Gasteiger partial charge in [-0.15, -0.1) is 0 Å². The molecule has 1 heterocycles. The van der Waals surface area contributed by atoms with Crippen molar-refractivity contribution in [2.75, 3.05) is 20.6 Å². The van der Waals surface area contributed by atoms with Crippen LogP contribution in [0.2, 0.25) is 5.02 Å². The minimum Gasteiger partial charge on any atom is -0.543 e. The normalized spacial score (nSPS) is 15.1. The van der Waals surface area contributed by atoms with Gasteiger partial charge in [0.25, 0.3) is 0 Å². The van der Waals surface area contributed by atoms with Gasteiger partial charge in [-0.1, -0.05) is 48.0 Å². The molecule has 0 bridgehead atoms. The van der Waals surface area contributed by atoms with E-state index in [1.807, 2.05) is 18.2 Å². The minimum atomic E-state index is -2.19. The van der Waals surface area contributed by atoms with Gasteiger partial charge in [0.2, 0.25) is 0 Å². The fraction of sp³-hybridized carbons (Fsp3) is 0.286. The largest absolute Gasteiger partial charge is 0.543 e. The average Bonchev–Trinajstić information content (AvgIpc) is 2.67. The first-order valence-corrected chi connectivity index (χ1v) is 9.14. The first kappa shape index (κ1) is 21.6. The molecule has 0 saturated carbocycles. The summed E-state index contributed by atoms with van der Waals surface area (Å²) in [4.78, 5) is 25.1. The third-order valence-corrected chi connectivity index (χ3v) is 4.45. The number of hydrogen-bond acceptors (Lipinski definition) is 6. The van der Waals surface area contributed by atoms with Crippen LogP contribution in [-0.2, 0) is 16.0 Å². The summed E-state index contributed by atoms with van der Waals surface area (Å²) >= 11 is 6.21. The standard InChI is InChI=1S/C19H21ClN2.C2H2O4/c1-22(2)11-10-17-12-15-8-9-16(20)13-18(15)19(21-17)14-6-4-3-5-7-14;3-1(4)2(5)6/h3-9,13,17H,10-12H2,1-2H3;(H,3,4)(H,5,6)/p-2. The highest BCUT2D eigenvalue weighted by molar-refractivity contribution is 6.31. The van der Waals surface area contributed by atoms with Gasteiger partial charge in [-0.2, -0.15) is 0 Å². The zero-order valence-corrected chi connectivity index (χ0v) is 16.5. The molecule has 0 radical (unpaired) electrons. The fourth-order valence-corrected chi connectivity index (χ4v) is 3.07. The van der Waals surface area contributed by atoms with Crippen LogP contribution in [0.3, 0.4) is 0 Å². The van der Waals surface area contributed by atoms with Crippen molar-refractivity contribution in [2.24, 2.45) is 4.99 Å². The number of carboxylic acids is 2. The Morgan fingerprint density at radius 3 is 2.32 bits per heavy atom. The van der Waals surface area contributed by atoms with Crippen LogP contribution in [0, 0.1) is 0 Å². The van der Waals surface area contributed by atoms with Gasteiger partial charge in [0.15, 0.2) is 0 Å². The molecule has 6 nitrogen and oxygen atoms in total. The van der Waals surface area contributed by atoms with E-state index in [9.17, 15) is 0 Å². The summed E-state index contributed by atoms with van der Waals surface area (Å²) in [6.45, 7) is 1.05. The number of aliphatic imine (C=N–C) groups is 1. The molecule has 7 heteroatoms. The summed E-state index contributed by atoms with van der Waals surface area (Å²) in [5.74, 6) is -4.37. The lowest BCUT2D eigenvalue weighted by Gasteiger charge is -2.25. The van der Waals surface area contributed by atoms with E-state index in [1.165, 1.54) is 16.7 Å². The Morgan fingerprint density at radius 1 is 1.11 bits per heavy atom. The van der Waals surface area contributed by atoms with Crippen molar-refractivity contribution in [2.45, 2.75) is 18.9 Å². The monoisotopic (exact) mass is 400 g/mol. The highest BCUT2D eigenvalue weighted by atomic mass is 35.5. The van der Waals surface area contributed by atoms with Crippen LogP contribution < -0.4 is 10.2 Å². The topological polar surface area (TPSA) is 95.9 Å². The summed E-state index contributed by atoms with van der Waals surface area (Å²) in [5.41, 5.74) is 4.77. The Morgan fingerprint density at radius 2 is 1.75 bits per heavy atom. The molecule has 0 aliphatic carbocycles. The lowest BCUT2D eigenvalue weighted by molar-refractivity contribution is -0.345. The summed E-state index contributed by atoms with van der Waals surface area (Å²) in [6, 6.07) is 16.9. The maximum Gasteiger partial charge on any atom is 0.0870 e. The maximum absolute atomic E-state index is 8.93. The molecule has 0 saturated heterocycles. The molecule has 3 rings (SSSR count). The van der Waals surface area contributed by atoms with Crippen molar-refractivity contribution >= 4 is 29.3 Å². The van der Waals surface area contributed by atoms with Gasteiger partial charge in [-0.3, -0.25) is 4.99 Å². The van der Waals surface area contributed by atoms with Gasteiger partial charge < -0.3 is 24.7 Å². The molecule has 2 aromatic carbocycles. The quantitative estimate of drug-likeness (QED) is 0.698. The third-order valence-electron chi connectivity index (χ3n) is 4.22. The molecule has 1 aliphatic rings. The Bertz CT molecular complexity index is 854. The van der Waals surface area contributed by atoms with Crippen LogP contribution in [0.5, 0.6) is 0 Å². The van der Waals surface area contributed by atoms with E-state index < -0.39 is 11.9 Å². The molecule has 2 aromatic rings. The molecular formula is C21H21ClN2O4-2. The lowest BCUT2D eigenvalue weighted by Crippen LogP contribution is -2.42. The van der Waals surface area contributed by atoms with Gasteiger partial charge in [-0.05, 0) is 51.2 Å². The molecule has 1 unspecified atom stereocenters. The maximum atomic E-state index is 8.93. The van der Waals surface area contributed by atoms with Gasteiger partial charge in [0.05, 0.1) is 23.7 Å². The van der Waals surface area contributed by atoms with Gasteiger partial charge in [0, 0.05) is 16.1 Å². The molecule has 0 fully saturated rings. The molecule has 0 spiro atoms. The van der Waals surface area contributed by atoms with E-state index in [4.69, 9.17) is 36.4 Å². The number of aliphatic carboxylic acids is 2. The molecule has 148 valence electrons. The van der Waals surface area contributed by atoms with Crippen molar-refractivity contribution < 1.29 is 19.8 Å². The second-order valence-corrected chi connectivity index (χ2v) is 7.11. The second kappa shape index (κ2) is 10.0. The van der Waals surface area contributed by atoms with Crippen molar-refractivity contribution in [3.05, 3.63) is 70.2 Å². The van der Waals surface area contributed by atoms with Crippen LogP contribution in [0.25, 0.3) is 0 Å². The van der Waals surface area contributed by atoms with Crippen molar-refractivity contribution in [1.82, 2.24) is 4.90 Å². The number of rotatable bonds is 4. The SMILES string of the molecule is CN(C)CCC1Cc2ccc(Cl)cc2C(c2ccccc2)=N1.O=C([O-])C(=O)[O-]. The van der Waals surface area contributed by atoms with Crippen molar-refractivity contribution in [3.8, 4) is 0 Å². The van der Waals surface area contributed by atoms with E-state index in [1.54, 1.807) is 0 Å². The van der Waals surface area contributed by atoms with E-state index in [2.05, 4.69) is 49.3 Å². The Balaban J connectivity index is 0.000000409. The second-order valence-electron chi connectivity index (χ2n) is 6.67. The van der Waals surface area contributed by atoms with Gasteiger partial charge in [0.1, 0.15) is 0 Å². The zero-order valence-electron chi connectivity index (χ0n) is 15.7. The van der Waals surface area contributed by atoms with Crippen LogP contribution in [0.15, 0.2) is 53.5 Å². The third kappa shape index (κ3) is 6.18. The number of benzene rings is 2. The Hall–Kier alpha value is -2.70. The van der Waals surface area contributed by atoms with E-state index in [0.29, 0.717) is 6.04 Å². The number of carbonyl (C=O) groups excluding carboxylic acids is 2.